The van der Waals surface area contributed by atoms with Gasteiger partial charge < -0.3 is 9.53 Å². The van der Waals surface area contributed by atoms with Crippen LogP contribution in [-0.2, 0) is 4.43 Å². The van der Waals surface area contributed by atoms with Gasteiger partial charge in [0.25, 0.3) is 0 Å². The number of allylic oxidation sites excluding steroid dienone is 2. The number of hydrogen-bond donors (Lipinski definition) is 1. The summed E-state index contributed by atoms with van der Waals surface area (Å²) in [5.41, 5.74) is 0.766. The molecule has 0 aliphatic heterocycles. The van der Waals surface area contributed by atoms with Crippen LogP contribution in [0.2, 0.25) is 19.6 Å². The lowest BCUT2D eigenvalue weighted by atomic mass is 10.0. The third-order valence-electron chi connectivity index (χ3n) is 2.27. The lowest BCUT2D eigenvalue weighted by molar-refractivity contribution is 0.0686. The molecule has 0 aromatic rings. The molecule has 2 nitrogen and oxygen atoms in total. The van der Waals surface area contributed by atoms with E-state index in [0.717, 1.165) is 12.0 Å². The Kier molecular flexibility index (Phi) is 7.33. The molecule has 0 aromatic heterocycles. The van der Waals surface area contributed by atoms with E-state index in [2.05, 4.69) is 19.6 Å². The van der Waals surface area contributed by atoms with Crippen LogP contribution >= 0.6 is 11.6 Å². The molecule has 0 fully saturated rings. The molecule has 0 aliphatic carbocycles. The summed E-state index contributed by atoms with van der Waals surface area (Å²) in [5.74, 6) is 0. The number of aliphatic hydroxyl groups excluding tert-OH is 1. The van der Waals surface area contributed by atoms with Crippen LogP contribution in [0.25, 0.3) is 0 Å². The highest BCUT2D eigenvalue weighted by Crippen LogP contribution is 2.22. The van der Waals surface area contributed by atoms with Gasteiger partial charge in [-0.25, -0.2) is 0 Å². The summed E-state index contributed by atoms with van der Waals surface area (Å²) in [6.07, 6.45) is 3.58. The van der Waals surface area contributed by atoms with Gasteiger partial charge in [0.05, 0.1) is 6.10 Å². The molecule has 1 N–H and O–H groups in total. The summed E-state index contributed by atoms with van der Waals surface area (Å²) in [6, 6.07) is 0. The molecule has 0 aliphatic rings. The zero-order chi connectivity index (χ0) is 13.6. The van der Waals surface area contributed by atoms with Crippen LogP contribution in [0.5, 0.6) is 0 Å². The summed E-state index contributed by atoms with van der Waals surface area (Å²) >= 11 is 6.14. The van der Waals surface area contributed by atoms with Gasteiger partial charge in [-0.15, -0.1) is 0 Å². The zero-order valence-corrected chi connectivity index (χ0v) is 13.5. The third-order valence-corrected chi connectivity index (χ3v) is 3.84. The largest absolute Gasteiger partial charge is 0.412 e. The van der Waals surface area contributed by atoms with E-state index < -0.39 is 14.4 Å². The van der Waals surface area contributed by atoms with Gasteiger partial charge in [0.15, 0.2) is 8.32 Å². The molecule has 17 heavy (non-hydrogen) atoms. The molecule has 2 atom stereocenters. The molecule has 0 aromatic carbocycles. The van der Waals surface area contributed by atoms with Gasteiger partial charge in [0.2, 0.25) is 0 Å². The molecule has 0 unspecified atom stereocenters. The normalized spacial score (nSPS) is 18.1. The smallest absolute Gasteiger partial charge is 0.184 e. The van der Waals surface area contributed by atoms with E-state index >= 15 is 0 Å². The van der Waals surface area contributed by atoms with E-state index in [0.29, 0.717) is 5.03 Å². The summed E-state index contributed by atoms with van der Waals surface area (Å²) in [7, 11) is -1.65. The predicted octanol–water partition coefficient (Wildman–Crippen LogP) is 4.07. The second kappa shape index (κ2) is 7.37. The first-order valence-corrected chi connectivity index (χ1v) is 9.88. The summed E-state index contributed by atoms with van der Waals surface area (Å²) in [5, 5.41) is 11.0. The lowest BCUT2D eigenvalue weighted by Crippen LogP contribution is -2.38. The molecule has 0 saturated heterocycles. The van der Waals surface area contributed by atoms with E-state index in [1.54, 1.807) is 0 Å². The molecular formula is C13H25ClO2Si. The number of rotatable bonds is 6. The maximum Gasteiger partial charge on any atom is 0.184 e. The Balaban J connectivity index is 4.92. The minimum atomic E-state index is -1.65. The van der Waals surface area contributed by atoms with Gasteiger partial charge in [-0.1, -0.05) is 30.7 Å². The Morgan fingerprint density at radius 3 is 2.29 bits per heavy atom. The maximum atomic E-state index is 10.3. The minimum absolute atomic E-state index is 0.229. The Bertz CT molecular complexity index is 292. The topological polar surface area (TPSA) is 29.5 Å². The monoisotopic (exact) mass is 276 g/mol. The van der Waals surface area contributed by atoms with Crippen LogP contribution in [0.4, 0.5) is 0 Å². The van der Waals surface area contributed by atoms with Gasteiger partial charge in [-0.2, -0.15) is 0 Å². The van der Waals surface area contributed by atoms with Gasteiger partial charge in [-0.3, -0.25) is 0 Å². The Morgan fingerprint density at radius 2 is 1.94 bits per heavy atom. The van der Waals surface area contributed by atoms with E-state index in [4.69, 9.17) is 16.0 Å². The van der Waals surface area contributed by atoms with Crippen molar-refractivity contribution in [1.82, 2.24) is 0 Å². The van der Waals surface area contributed by atoms with Crippen molar-refractivity contribution >= 4 is 19.9 Å². The van der Waals surface area contributed by atoms with Crippen molar-refractivity contribution in [2.45, 2.75) is 59.0 Å². The average molecular weight is 277 g/mol. The zero-order valence-electron chi connectivity index (χ0n) is 11.7. The van der Waals surface area contributed by atoms with Crippen molar-refractivity contribution in [2.75, 3.05) is 0 Å². The minimum Gasteiger partial charge on any atom is -0.412 e. The maximum absolute atomic E-state index is 10.3. The van der Waals surface area contributed by atoms with Crippen LogP contribution in [0.15, 0.2) is 22.8 Å². The van der Waals surface area contributed by atoms with Crippen LogP contribution in [0.1, 0.15) is 27.2 Å². The SMILES string of the molecule is C/C=C\C(=C(\Cl)CC)[C@@H](O)[C@H](C)O[Si](C)(C)C. The number of hydrogen-bond acceptors (Lipinski definition) is 2. The van der Waals surface area contributed by atoms with Crippen LogP contribution in [-0.4, -0.2) is 25.6 Å². The molecule has 0 rings (SSSR count). The first-order valence-electron chi connectivity index (χ1n) is 6.10. The second-order valence-corrected chi connectivity index (χ2v) is 10.0. The van der Waals surface area contributed by atoms with Crippen molar-refractivity contribution < 1.29 is 9.53 Å². The van der Waals surface area contributed by atoms with E-state index in [1.807, 2.05) is 32.9 Å². The van der Waals surface area contributed by atoms with E-state index in [1.165, 1.54) is 0 Å². The molecule has 100 valence electrons. The quantitative estimate of drug-likeness (QED) is 0.585. The molecule has 0 radical (unpaired) electrons. The number of aliphatic hydroxyl groups is 1. The van der Waals surface area contributed by atoms with Gasteiger partial charge in [0, 0.05) is 5.03 Å². The van der Waals surface area contributed by atoms with E-state index in [-0.39, 0.29) is 6.10 Å². The summed E-state index contributed by atoms with van der Waals surface area (Å²) in [6.45, 7) is 12.1. The first kappa shape index (κ1) is 16.9. The third kappa shape index (κ3) is 6.41. The van der Waals surface area contributed by atoms with Gasteiger partial charge in [0.1, 0.15) is 6.10 Å². The molecule has 4 heteroatoms. The fourth-order valence-corrected chi connectivity index (χ4v) is 3.03. The molecular weight excluding hydrogens is 252 g/mol. The lowest BCUT2D eigenvalue weighted by Gasteiger charge is -2.28. The van der Waals surface area contributed by atoms with Crippen molar-refractivity contribution in [3.63, 3.8) is 0 Å². The van der Waals surface area contributed by atoms with E-state index in [9.17, 15) is 5.11 Å². The van der Waals surface area contributed by atoms with Gasteiger partial charge >= 0.3 is 0 Å². The predicted molar refractivity (Wildman–Crippen MR) is 77.9 cm³/mol. The molecule has 0 amide bonds. The molecule has 0 bridgehead atoms. The van der Waals surface area contributed by atoms with Crippen molar-refractivity contribution in [1.29, 1.82) is 0 Å². The van der Waals surface area contributed by atoms with Crippen molar-refractivity contribution in [3.8, 4) is 0 Å². The Morgan fingerprint density at radius 1 is 1.41 bits per heavy atom. The van der Waals surface area contributed by atoms with Crippen molar-refractivity contribution in [3.05, 3.63) is 22.8 Å². The van der Waals surface area contributed by atoms with Gasteiger partial charge in [-0.05, 0) is 45.5 Å². The second-order valence-electron chi connectivity index (χ2n) is 5.09. The van der Waals surface area contributed by atoms with Crippen LogP contribution in [0, 0.1) is 0 Å². The number of halogens is 1. The Labute approximate surface area is 111 Å². The standard InChI is InChI=1S/C13H25ClO2Si/c1-7-9-11(12(14)8-2)13(15)10(3)16-17(4,5)6/h7,9-10,13,15H,8H2,1-6H3/b9-7-,12-11-/t10-,13-/m0/s1. The first-order chi connectivity index (χ1) is 7.72. The fraction of sp³-hybridized carbons (Fsp3) is 0.692. The molecule has 0 heterocycles. The van der Waals surface area contributed by atoms with Crippen LogP contribution < -0.4 is 0 Å². The highest BCUT2D eigenvalue weighted by Gasteiger charge is 2.25. The van der Waals surface area contributed by atoms with Crippen molar-refractivity contribution in [2.24, 2.45) is 0 Å². The molecule has 0 spiro atoms. The average Bonchev–Trinajstić information content (AvgIpc) is 2.21. The summed E-state index contributed by atoms with van der Waals surface area (Å²) in [4.78, 5) is 0. The highest BCUT2D eigenvalue weighted by molar-refractivity contribution is 6.69. The Hall–Kier alpha value is -0.0931. The highest BCUT2D eigenvalue weighted by atomic mass is 35.5. The molecule has 0 saturated carbocycles. The fourth-order valence-electron chi connectivity index (χ4n) is 1.61. The van der Waals surface area contributed by atoms with Crippen LogP contribution in [0.3, 0.4) is 0 Å². The summed E-state index contributed by atoms with van der Waals surface area (Å²) < 4.78 is 5.88.